The third kappa shape index (κ3) is 4.17. The summed E-state index contributed by atoms with van der Waals surface area (Å²) in [6.07, 6.45) is 7.12. The Bertz CT molecular complexity index is 830. The number of hydrogen-bond donors (Lipinski definition) is 0. The van der Waals surface area contributed by atoms with Crippen LogP contribution in [0, 0.1) is 0 Å². The van der Waals surface area contributed by atoms with Crippen LogP contribution in [0.15, 0.2) is 74.0 Å². The molecule has 0 unspecified atom stereocenters. The first-order valence-electron chi connectivity index (χ1n) is 8.03. The van der Waals surface area contributed by atoms with Crippen LogP contribution in [0.1, 0.15) is 15.9 Å². The van der Waals surface area contributed by atoms with Gasteiger partial charge in [-0.15, -0.1) is 6.58 Å². The Morgan fingerprint density at radius 1 is 1.24 bits per heavy atom. The van der Waals surface area contributed by atoms with E-state index >= 15 is 0 Å². The van der Waals surface area contributed by atoms with Crippen LogP contribution < -0.4 is 0 Å². The highest BCUT2D eigenvalue weighted by molar-refractivity contribution is 5.94. The van der Waals surface area contributed by atoms with E-state index in [9.17, 15) is 4.79 Å². The highest BCUT2D eigenvalue weighted by Crippen LogP contribution is 2.10. The van der Waals surface area contributed by atoms with Gasteiger partial charge in [0.05, 0.1) is 0 Å². The molecule has 0 spiro atoms. The first kappa shape index (κ1) is 16.6. The minimum Gasteiger partial charge on any atom is -0.335 e. The Kier molecular flexibility index (Phi) is 5.31. The van der Waals surface area contributed by atoms with Crippen LogP contribution in [0.2, 0.25) is 0 Å². The van der Waals surface area contributed by atoms with Gasteiger partial charge in [-0.05, 0) is 24.1 Å². The molecular formula is C19H19N5O. The van der Waals surface area contributed by atoms with E-state index in [4.69, 9.17) is 0 Å². The first-order valence-corrected chi connectivity index (χ1v) is 8.03. The fraction of sp³-hybridized carbons (Fsp3) is 0.158. The van der Waals surface area contributed by atoms with Gasteiger partial charge in [-0.3, -0.25) is 4.79 Å². The average molecular weight is 333 g/mol. The van der Waals surface area contributed by atoms with Crippen molar-refractivity contribution in [2.24, 2.45) is 0 Å². The molecule has 0 aliphatic rings. The maximum atomic E-state index is 12.9. The summed E-state index contributed by atoms with van der Waals surface area (Å²) in [4.78, 5) is 22.8. The van der Waals surface area contributed by atoms with Gasteiger partial charge in [-0.25, -0.2) is 14.6 Å². The highest BCUT2D eigenvalue weighted by Gasteiger charge is 2.15. The zero-order valence-electron chi connectivity index (χ0n) is 13.8. The molecule has 3 aromatic rings. The fourth-order valence-corrected chi connectivity index (χ4v) is 2.53. The van der Waals surface area contributed by atoms with Crippen LogP contribution in [0.5, 0.6) is 0 Å². The van der Waals surface area contributed by atoms with Crippen molar-refractivity contribution >= 4 is 5.91 Å². The zero-order valence-corrected chi connectivity index (χ0v) is 13.8. The van der Waals surface area contributed by atoms with Gasteiger partial charge in [-0.1, -0.05) is 36.4 Å². The predicted octanol–water partition coefficient (Wildman–Crippen LogP) is 2.53. The number of hydrogen-bond acceptors (Lipinski definition) is 4. The summed E-state index contributed by atoms with van der Waals surface area (Å²) in [7, 11) is 0. The monoisotopic (exact) mass is 333 g/mol. The molecule has 2 heterocycles. The van der Waals surface area contributed by atoms with Gasteiger partial charge >= 0.3 is 0 Å². The normalized spacial score (nSPS) is 10.4. The topological polar surface area (TPSA) is 63.9 Å². The zero-order chi connectivity index (χ0) is 17.5. The lowest BCUT2D eigenvalue weighted by Crippen LogP contribution is -2.33. The summed E-state index contributed by atoms with van der Waals surface area (Å²) >= 11 is 0. The van der Waals surface area contributed by atoms with E-state index in [0.29, 0.717) is 24.5 Å². The van der Waals surface area contributed by atoms with Gasteiger partial charge in [0.25, 0.3) is 5.91 Å². The van der Waals surface area contributed by atoms with E-state index < -0.39 is 0 Å². The van der Waals surface area contributed by atoms with Gasteiger partial charge in [0, 0.05) is 24.8 Å². The van der Waals surface area contributed by atoms with E-state index in [1.807, 2.05) is 18.2 Å². The van der Waals surface area contributed by atoms with Crippen molar-refractivity contribution in [3.63, 3.8) is 0 Å². The summed E-state index contributed by atoms with van der Waals surface area (Å²) in [6.45, 7) is 4.87. The third-order valence-electron chi connectivity index (χ3n) is 3.80. The van der Waals surface area contributed by atoms with Gasteiger partial charge in [0.15, 0.2) is 5.82 Å². The molecule has 6 heteroatoms. The summed E-state index contributed by atoms with van der Waals surface area (Å²) < 4.78 is 1.53. The van der Waals surface area contributed by atoms with E-state index in [2.05, 4.69) is 33.8 Å². The Morgan fingerprint density at radius 3 is 2.80 bits per heavy atom. The minimum absolute atomic E-state index is 0.0559. The van der Waals surface area contributed by atoms with Gasteiger partial charge in [0.1, 0.15) is 12.7 Å². The molecule has 3 rings (SSSR count). The fourth-order valence-electron chi connectivity index (χ4n) is 2.53. The molecule has 0 N–H and O–H groups in total. The number of carbonyl (C=O) groups is 1. The largest absolute Gasteiger partial charge is 0.335 e. The molecule has 0 fully saturated rings. The first-order chi connectivity index (χ1) is 12.3. The summed E-state index contributed by atoms with van der Waals surface area (Å²) in [6, 6.07) is 13.5. The lowest BCUT2D eigenvalue weighted by atomic mass is 10.1. The van der Waals surface area contributed by atoms with Crippen LogP contribution >= 0.6 is 0 Å². The maximum absolute atomic E-state index is 12.9. The Hall–Kier alpha value is -3.28. The van der Waals surface area contributed by atoms with Crippen LogP contribution in [0.3, 0.4) is 0 Å². The average Bonchev–Trinajstić information content (AvgIpc) is 3.20. The molecule has 2 aromatic heterocycles. The number of benzene rings is 1. The summed E-state index contributed by atoms with van der Waals surface area (Å²) in [5.74, 6) is 0.504. The van der Waals surface area contributed by atoms with Crippen LogP contribution in [0.25, 0.3) is 5.82 Å². The molecule has 1 aromatic carbocycles. The second kappa shape index (κ2) is 8.01. The van der Waals surface area contributed by atoms with E-state index in [1.54, 1.807) is 35.6 Å². The van der Waals surface area contributed by atoms with E-state index in [1.165, 1.54) is 16.6 Å². The van der Waals surface area contributed by atoms with E-state index in [-0.39, 0.29) is 5.91 Å². The second-order valence-corrected chi connectivity index (χ2v) is 5.52. The quantitative estimate of drug-likeness (QED) is 0.623. The number of pyridine rings is 1. The molecule has 126 valence electrons. The van der Waals surface area contributed by atoms with Crippen molar-refractivity contribution in [2.75, 3.05) is 13.1 Å². The van der Waals surface area contributed by atoms with E-state index in [0.717, 1.165) is 6.42 Å². The molecule has 0 saturated heterocycles. The van der Waals surface area contributed by atoms with Crippen molar-refractivity contribution in [3.8, 4) is 5.82 Å². The molecule has 0 saturated carbocycles. The minimum atomic E-state index is -0.0559. The molecule has 0 aliphatic carbocycles. The molecular weight excluding hydrogens is 314 g/mol. The Balaban J connectivity index is 1.76. The molecule has 0 radical (unpaired) electrons. The number of nitrogens with zero attached hydrogens (tertiary/aromatic N) is 5. The Morgan fingerprint density at radius 2 is 2.08 bits per heavy atom. The highest BCUT2D eigenvalue weighted by atomic mass is 16.2. The molecule has 0 aliphatic heterocycles. The number of rotatable bonds is 7. The van der Waals surface area contributed by atoms with Crippen molar-refractivity contribution in [1.29, 1.82) is 0 Å². The van der Waals surface area contributed by atoms with Crippen molar-refractivity contribution in [2.45, 2.75) is 6.42 Å². The lowest BCUT2D eigenvalue weighted by molar-refractivity contribution is 0.0775. The SMILES string of the molecule is C=CCN(CCc1ccccc1)C(=O)c1ccnc(-n2cncn2)c1. The third-order valence-corrected chi connectivity index (χ3v) is 3.80. The van der Waals surface area contributed by atoms with Gasteiger partial charge < -0.3 is 4.90 Å². The number of amides is 1. The number of carbonyl (C=O) groups excluding carboxylic acids is 1. The standard InChI is InChI=1S/C19H19N5O/c1-2-11-23(12-9-16-6-4-3-5-7-16)19(25)17-8-10-21-18(13-17)24-15-20-14-22-24/h2-8,10,13-15H,1,9,11-12H2. The smallest absolute Gasteiger partial charge is 0.254 e. The molecule has 0 bridgehead atoms. The maximum Gasteiger partial charge on any atom is 0.254 e. The van der Waals surface area contributed by atoms with Crippen molar-refractivity contribution in [3.05, 3.63) is 85.1 Å². The molecule has 6 nitrogen and oxygen atoms in total. The van der Waals surface area contributed by atoms with Crippen molar-refractivity contribution < 1.29 is 4.79 Å². The predicted molar refractivity (Wildman–Crippen MR) is 95.4 cm³/mol. The van der Waals surface area contributed by atoms with Gasteiger partial charge in [-0.2, -0.15) is 5.10 Å². The Labute approximate surface area is 146 Å². The molecule has 0 atom stereocenters. The lowest BCUT2D eigenvalue weighted by Gasteiger charge is -2.21. The van der Waals surface area contributed by atoms with Crippen LogP contribution in [-0.2, 0) is 6.42 Å². The summed E-state index contributed by atoms with van der Waals surface area (Å²) in [5.41, 5.74) is 1.76. The van der Waals surface area contributed by atoms with Crippen LogP contribution in [0.4, 0.5) is 0 Å². The van der Waals surface area contributed by atoms with Crippen LogP contribution in [-0.4, -0.2) is 43.6 Å². The van der Waals surface area contributed by atoms with Gasteiger partial charge in [0.2, 0.25) is 0 Å². The van der Waals surface area contributed by atoms with Crippen molar-refractivity contribution in [1.82, 2.24) is 24.6 Å². The molecule has 25 heavy (non-hydrogen) atoms. The molecule has 1 amide bonds. The summed E-state index contributed by atoms with van der Waals surface area (Å²) in [5, 5.41) is 4.05. The second-order valence-electron chi connectivity index (χ2n) is 5.52. The number of aromatic nitrogens is 4.